The van der Waals surface area contributed by atoms with Crippen molar-refractivity contribution in [2.45, 2.75) is 13.3 Å². The summed E-state index contributed by atoms with van der Waals surface area (Å²) < 4.78 is 34.4. The van der Waals surface area contributed by atoms with Crippen LogP contribution in [0.3, 0.4) is 0 Å². The molecule has 1 rings (SSSR count). The summed E-state index contributed by atoms with van der Waals surface area (Å²) in [5, 5.41) is 6.31. The van der Waals surface area contributed by atoms with Gasteiger partial charge in [0.25, 0.3) is 0 Å². The van der Waals surface area contributed by atoms with E-state index in [1.807, 2.05) is 12.1 Å². The summed E-state index contributed by atoms with van der Waals surface area (Å²) in [6, 6.07) is 7.07. The van der Waals surface area contributed by atoms with Gasteiger partial charge in [0.1, 0.15) is 0 Å². The van der Waals surface area contributed by atoms with Crippen LogP contribution in [0, 0.1) is 0 Å². The topological polar surface area (TPSA) is 105 Å². The Morgan fingerprint density at radius 1 is 1.22 bits per heavy atom. The van der Waals surface area contributed by atoms with Crippen LogP contribution in [-0.4, -0.2) is 50.9 Å². The standard InChI is InChI=1S/C14H22N2O5S2/c1-2-21-14(17)12-4-6-13(7-5-12)16-9-3-8-15-10-11-22-23(18,19)20/h4-7,15-16H,2-3,8-11H2,1H3,(H,18,19,20). The van der Waals surface area contributed by atoms with Gasteiger partial charge in [-0.2, -0.15) is 8.42 Å². The summed E-state index contributed by atoms with van der Waals surface area (Å²) in [5.41, 5.74) is 1.44. The zero-order valence-corrected chi connectivity index (χ0v) is 14.6. The van der Waals surface area contributed by atoms with E-state index in [0.717, 1.165) is 25.2 Å². The third-order valence-electron chi connectivity index (χ3n) is 2.77. The Morgan fingerprint density at radius 3 is 2.52 bits per heavy atom. The Labute approximate surface area is 140 Å². The second kappa shape index (κ2) is 10.5. The third kappa shape index (κ3) is 9.44. The molecule has 0 bridgehead atoms. The molecular weight excluding hydrogens is 340 g/mol. The summed E-state index contributed by atoms with van der Waals surface area (Å²) in [4.78, 5) is 11.5. The van der Waals surface area contributed by atoms with Gasteiger partial charge in [-0.05, 0) is 54.9 Å². The molecule has 0 fully saturated rings. The summed E-state index contributed by atoms with van der Waals surface area (Å²) in [6.07, 6.45) is 0.857. The van der Waals surface area contributed by atoms with Gasteiger partial charge >= 0.3 is 15.1 Å². The molecule has 0 unspecified atom stereocenters. The first kappa shape index (κ1) is 19.8. The lowest BCUT2D eigenvalue weighted by molar-refractivity contribution is 0.0526. The van der Waals surface area contributed by atoms with E-state index in [4.69, 9.17) is 9.29 Å². The van der Waals surface area contributed by atoms with Gasteiger partial charge in [-0.15, -0.1) is 0 Å². The molecule has 0 atom stereocenters. The van der Waals surface area contributed by atoms with E-state index in [1.165, 1.54) is 0 Å². The minimum absolute atomic E-state index is 0.307. The van der Waals surface area contributed by atoms with Gasteiger partial charge in [0.2, 0.25) is 0 Å². The van der Waals surface area contributed by atoms with Crippen LogP contribution >= 0.6 is 10.8 Å². The molecule has 1 aromatic carbocycles. The number of hydrogen-bond acceptors (Lipinski definition) is 7. The van der Waals surface area contributed by atoms with Crippen LogP contribution in [-0.2, 0) is 13.9 Å². The molecule has 0 amide bonds. The largest absolute Gasteiger partial charge is 0.462 e. The van der Waals surface area contributed by atoms with Gasteiger partial charge in [-0.1, -0.05) is 0 Å². The zero-order chi connectivity index (χ0) is 17.1. The number of rotatable bonds is 11. The molecule has 23 heavy (non-hydrogen) atoms. The Balaban J connectivity index is 2.13. The highest BCUT2D eigenvalue weighted by Gasteiger charge is 2.05. The molecular formula is C14H22N2O5S2. The molecule has 1 aromatic rings. The Morgan fingerprint density at radius 2 is 1.91 bits per heavy atom. The van der Waals surface area contributed by atoms with Crippen molar-refractivity contribution in [2.24, 2.45) is 0 Å². The number of anilines is 1. The zero-order valence-electron chi connectivity index (χ0n) is 12.9. The highest BCUT2D eigenvalue weighted by molar-refractivity contribution is 8.69. The minimum atomic E-state index is -3.94. The normalized spacial score (nSPS) is 11.2. The molecule has 0 saturated heterocycles. The van der Waals surface area contributed by atoms with Crippen molar-refractivity contribution in [3.8, 4) is 0 Å². The Hall–Kier alpha value is -1.29. The second-order valence-corrected chi connectivity index (χ2v) is 8.05. The van der Waals surface area contributed by atoms with Gasteiger partial charge in [-0.25, -0.2) is 4.79 Å². The number of benzene rings is 1. The molecule has 7 nitrogen and oxygen atoms in total. The van der Waals surface area contributed by atoms with Crippen molar-refractivity contribution in [1.82, 2.24) is 5.32 Å². The van der Waals surface area contributed by atoms with Crippen LogP contribution in [0.5, 0.6) is 0 Å². The van der Waals surface area contributed by atoms with E-state index in [1.54, 1.807) is 19.1 Å². The van der Waals surface area contributed by atoms with E-state index in [-0.39, 0.29) is 5.97 Å². The van der Waals surface area contributed by atoms with Gasteiger partial charge in [-0.3, -0.25) is 4.55 Å². The molecule has 130 valence electrons. The van der Waals surface area contributed by atoms with Crippen LogP contribution in [0.1, 0.15) is 23.7 Å². The van der Waals surface area contributed by atoms with Crippen LogP contribution in [0.4, 0.5) is 5.69 Å². The van der Waals surface area contributed by atoms with E-state index < -0.39 is 9.15 Å². The molecule has 0 saturated carbocycles. The number of hydrogen-bond donors (Lipinski definition) is 3. The SMILES string of the molecule is CCOC(=O)c1ccc(NCCCNCCSS(=O)(=O)O)cc1. The molecule has 0 heterocycles. The maximum atomic E-state index is 11.5. The van der Waals surface area contributed by atoms with E-state index in [9.17, 15) is 13.2 Å². The molecule has 0 aliphatic heterocycles. The summed E-state index contributed by atoms with van der Waals surface area (Å²) in [6.45, 7) is 4.12. The van der Waals surface area contributed by atoms with Crippen LogP contribution in [0.15, 0.2) is 24.3 Å². The van der Waals surface area contributed by atoms with Crippen molar-refractivity contribution >= 4 is 31.6 Å². The molecule has 0 aliphatic rings. The fourth-order valence-corrected chi connectivity index (χ4v) is 3.05. The van der Waals surface area contributed by atoms with Crippen molar-refractivity contribution in [2.75, 3.05) is 37.3 Å². The van der Waals surface area contributed by atoms with E-state index >= 15 is 0 Å². The van der Waals surface area contributed by atoms with Gasteiger partial charge < -0.3 is 15.4 Å². The molecule has 0 aliphatic carbocycles. The van der Waals surface area contributed by atoms with Crippen molar-refractivity contribution in [3.05, 3.63) is 29.8 Å². The summed E-state index contributed by atoms with van der Waals surface area (Å²) in [7, 11) is -3.43. The van der Waals surface area contributed by atoms with Crippen LogP contribution in [0.25, 0.3) is 0 Å². The van der Waals surface area contributed by atoms with Crippen LogP contribution < -0.4 is 10.6 Å². The fourth-order valence-electron chi connectivity index (χ4n) is 1.73. The lowest BCUT2D eigenvalue weighted by Gasteiger charge is -2.08. The second-order valence-electron chi connectivity index (χ2n) is 4.58. The lowest BCUT2D eigenvalue weighted by atomic mass is 10.2. The number of nitrogens with one attached hydrogen (secondary N) is 2. The van der Waals surface area contributed by atoms with Gasteiger partial charge in [0.05, 0.1) is 12.2 Å². The predicted molar refractivity (Wildman–Crippen MR) is 92.4 cm³/mol. The average molecular weight is 362 g/mol. The maximum Gasteiger partial charge on any atom is 0.338 e. The minimum Gasteiger partial charge on any atom is -0.462 e. The highest BCUT2D eigenvalue weighted by Crippen LogP contribution is 2.10. The molecule has 0 radical (unpaired) electrons. The molecule has 0 aromatic heterocycles. The molecule has 9 heteroatoms. The summed E-state index contributed by atoms with van der Waals surface area (Å²) >= 11 is 0. The first-order valence-electron chi connectivity index (χ1n) is 7.26. The highest BCUT2D eigenvalue weighted by atomic mass is 33.1. The number of carbonyl (C=O) groups is 1. The maximum absolute atomic E-state index is 11.5. The van der Waals surface area contributed by atoms with Gasteiger partial charge in [0, 0.05) is 24.5 Å². The monoisotopic (exact) mass is 362 g/mol. The number of carbonyl (C=O) groups excluding carboxylic acids is 1. The quantitative estimate of drug-likeness (QED) is 0.237. The molecule has 0 spiro atoms. The van der Waals surface area contributed by atoms with Gasteiger partial charge in [0.15, 0.2) is 0 Å². The third-order valence-corrected chi connectivity index (χ3v) is 4.83. The average Bonchev–Trinajstić information content (AvgIpc) is 2.49. The predicted octanol–water partition coefficient (Wildman–Crippen LogP) is 1.79. The molecule has 3 N–H and O–H groups in total. The van der Waals surface area contributed by atoms with E-state index in [2.05, 4.69) is 10.6 Å². The summed E-state index contributed by atoms with van der Waals surface area (Å²) in [5.74, 6) is -0.0206. The first-order chi connectivity index (χ1) is 10.9. The Bertz CT molecular complexity index is 575. The van der Waals surface area contributed by atoms with Crippen molar-refractivity contribution in [3.63, 3.8) is 0 Å². The smallest absolute Gasteiger partial charge is 0.338 e. The van der Waals surface area contributed by atoms with Crippen molar-refractivity contribution in [1.29, 1.82) is 0 Å². The van der Waals surface area contributed by atoms with Crippen LogP contribution in [0.2, 0.25) is 0 Å². The Kier molecular flexibility index (Phi) is 9.00. The van der Waals surface area contributed by atoms with Crippen molar-refractivity contribution < 1.29 is 22.5 Å². The fraction of sp³-hybridized carbons (Fsp3) is 0.500. The number of ether oxygens (including phenoxy) is 1. The number of esters is 1. The first-order valence-corrected chi connectivity index (χ1v) is 10.2. The van der Waals surface area contributed by atoms with E-state index in [0.29, 0.717) is 35.3 Å². The lowest BCUT2D eigenvalue weighted by Crippen LogP contribution is -2.21.